The lowest BCUT2D eigenvalue weighted by atomic mass is 9.95. The van der Waals surface area contributed by atoms with Crippen LogP contribution in [-0.4, -0.2) is 34.8 Å². The average Bonchev–Trinajstić information content (AvgIpc) is 2.68. The molecule has 1 aliphatic heterocycles. The molecule has 1 fully saturated rings. The SMILES string of the molecule is CC(C)c1ccc(NC(=O)C2CCN(C(=O)c3cccnc3)CC2)cc1. The van der Waals surface area contributed by atoms with Gasteiger partial charge in [0.25, 0.3) is 5.91 Å². The van der Waals surface area contributed by atoms with Gasteiger partial charge in [0.15, 0.2) is 0 Å². The number of piperidine rings is 1. The molecule has 136 valence electrons. The third-order valence-corrected chi connectivity index (χ3v) is 4.91. The van der Waals surface area contributed by atoms with Crippen molar-refractivity contribution in [1.29, 1.82) is 0 Å². The van der Waals surface area contributed by atoms with Crippen molar-refractivity contribution >= 4 is 17.5 Å². The lowest BCUT2D eigenvalue weighted by molar-refractivity contribution is -0.121. The summed E-state index contributed by atoms with van der Waals surface area (Å²) in [5, 5.41) is 3.00. The first-order chi connectivity index (χ1) is 12.5. The zero-order valence-corrected chi connectivity index (χ0v) is 15.3. The molecule has 3 rings (SSSR count). The van der Waals surface area contributed by atoms with Gasteiger partial charge in [0.05, 0.1) is 5.56 Å². The Morgan fingerprint density at radius 2 is 1.81 bits per heavy atom. The molecule has 0 aliphatic carbocycles. The summed E-state index contributed by atoms with van der Waals surface area (Å²) < 4.78 is 0. The molecule has 2 aromatic rings. The Labute approximate surface area is 154 Å². The van der Waals surface area contributed by atoms with Gasteiger partial charge in [-0.1, -0.05) is 26.0 Å². The molecule has 1 saturated heterocycles. The van der Waals surface area contributed by atoms with Crippen molar-refractivity contribution in [2.45, 2.75) is 32.6 Å². The number of likely N-dealkylation sites (tertiary alicyclic amines) is 1. The van der Waals surface area contributed by atoms with Crippen LogP contribution >= 0.6 is 0 Å². The summed E-state index contributed by atoms with van der Waals surface area (Å²) in [5.74, 6) is 0.441. The van der Waals surface area contributed by atoms with Crippen molar-refractivity contribution in [1.82, 2.24) is 9.88 Å². The Bertz CT molecular complexity index is 749. The van der Waals surface area contributed by atoms with Crippen molar-refractivity contribution in [3.05, 3.63) is 59.9 Å². The third-order valence-electron chi connectivity index (χ3n) is 4.91. The number of nitrogens with one attached hydrogen (secondary N) is 1. The number of hydrogen-bond acceptors (Lipinski definition) is 3. The molecule has 0 atom stereocenters. The van der Waals surface area contributed by atoms with E-state index < -0.39 is 0 Å². The quantitative estimate of drug-likeness (QED) is 0.914. The van der Waals surface area contributed by atoms with Crippen LogP contribution in [0.4, 0.5) is 5.69 Å². The van der Waals surface area contributed by atoms with E-state index in [1.807, 2.05) is 12.1 Å². The number of rotatable bonds is 4. The molecule has 1 N–H and O–H groups in total. The number of hydrogen-bond donors (Lipinski definition) is 1. The lowest BCUT2D eigenvalue weighted by Crippen LogP contribution is -2.41. The van der Waals surface area contributed by atoms with Crippen LogP contribution < -0.4 is 5.32 Å². The van der Waals surface area contributed by atoms with Gasteiger partial charge in [0.1, 0.15) is 0 Å². The Kier molecular flexibility index (Phi) is 5.66. The van der Waals surface area contributed by atoms with Crippen molar-refractivity contribution in [2.75, 3.05) is 18.4 Å². The smallest absolute Gasteiger partial charge is 0.255 e. The van der Waals surface area contributed by atoms with Gasteiger partial charge in [-0.05, 0) is 48.6 Å². The van der Waals surface area contributed by atoms with Gasteiger partial charge in [0, 0.05) is 37.1 Å². The maximum Gasteiger partial charge on any atom is 0.255 e. The highest BCUT2D eigenvalue weighted by Gasteiger charge is 2.27. The highest BCUT2D eigenvalue weighted by Crippen LogP contribution is 2.22. The number of benzene rings is 1. The standard InChI is InChI=1S/C21H25N3O2/c1-15(2)16-5-7-19(8-6-16)23-20(25)17-9-12-24(13-10-17)21(26)18-4-3-11-22-14-18/h3-8,11,14-15,17H,9-10,12-13H2,1-2H3,(H,23,25). The van der Waals surface area contributed by atoms with Crippen LogP contribution in [0.25, 0.3) is 0 Å². The molecule has 1 aromatic heterocycles. The number of aromatic nitrogens is 1. The molecule has 0 spiro atoms. The van der Waals surface area contributed by atoms with E-state index in [1.54, 1.807) is 29.4 Å². The Morgan fingerprint density at radius 3 is 2.38 bits per heavy atom. The summed E-state index contributed by atoms with van der Waals surface area (Å²) >= 11 is 0. The molecule has 1 aliphatic rings. The third kappa shape index (κ3) is 4.28. The highest BCUT2D eigenvalue weighted by atomic mass is 16.2. The van der Waals surface area contributed by atoms with E-state index in [0.29, 0.717) is 37.4 Å². The zero-order chi connectivity index (χ0) is 18.5. The first-order valence-corrected chi connectivity index (χ1v) is 9.14. The molecule has 0 radical (unpaired) electrons. The second kappa shape index (κ2) is 8.13. The van der Waals surface area contributed by atoms with Crippen LogP contribution in [-0.2, 0) is 4.79 Å². The average molecular weight is 351 g/mol. The fourth-order valence-electron chi connectivity index (χ4n) is 3.21. The largest absolute Gasteiger partial charge is 0.339 e. The first kappa shape index (κ1) is 18.1. The molecule has 2 heterocycles. The molecule has 2 amide bonds. The molecular formula is C21H25N3O2. The highest BCUT2D eigenvalue weighted by molar-refractivity contribution is 5.95. The van der Waals surface area contributed by atoms with Crippen LogP contribution in [0.5, 0.6) is 0 Å². The summed E-state index contributed by atoms with van der Waals surface area (Å²) in [4.78, 5) is 30.7. The van der Waals surface area contributed by atoms with E-state index in [2.05, 4.69) is 36.3 Å². The van der Waals surface area contributed by atoms with E-state index in [4.69, 9.17) is 0 Å². The first-order valence-electron chi connectivity index (χ1n) is 9.14. The Balaban J connectivity index is 1.52. The van der Waals surface area contributed by atoms with Crippen molar-refractivity contribution in [2.24, 2.45) is 5.92 Å². The van der Waals surface area contributed by atoms with Crippen LogP contribution in [0.3, 0.4) is 0 Å². The van der Waals surface area contributed by atoms with Gasteiger partial charge in [-0.3, -0.25) is 14.6 Å². The minimum absolute atomic E-state index is 0.0127. The zero-order valence-electron chi connectivity index (χ0n) is 15.3. The molecule has 0 unspecified atom stereocenters. The maximum atomic E-state index is 12.5. The minimum Gasteiger partial charge on any atom is -0.339 e. The van der Waals surface area contributed by atoms with E-state index in [0.717, 1.165) is 5.69 Å². The monoisotopic (exact) mass is 351 g/mol. The topological polar surface area (TPSA) is 62.3 Å². The predicted molar refractivity (Wildman–Crippen MR) is 102 cm³/mol. The molecule has 0 saturated carbocycles. The van der Waals surface area contributed by atoms with Crippen molar-refractivity contribution in [3.8, 4) is 0 Å². The van der Waals surface area contributed by atoms with Crippen LogP contribution in [0.1, 0.15) is 48.5 Å². The Hall–Kier alpha value is -2.69. The van der Waals surface area contributed by atoms with E-state index in [-0.39, 0.29) is 17.7 Å². The second-order valence-corrected chi connectivity index (χ2v) is 7.07. The Morgan fingerprint density at radius 1 is 1.12 bits per heavy atom. The molecule has 1 aromatic carbocycles. The molecule has 5 heteroatoms. The summed E-state index contributed by atoms with van der Waals surface area (Å²) in [7, 11) is 0. The van der Waals surface area contributed by atoms with Gasteiger partial charge < -0.3 is 10.2 Å². The number of amides is 2. The van der Waals surface area contributed by atoms with Gasteiger partial charge in [-0.25, -0.2) is 0 Å². The van der Waals surface area contributed by atoms with Crippen LogP contribution in [0.15, 0.2) is 48.8 Å². The van der Waals surface area contributed by atoms with Gasteiger partial charge in [0.2, 0.25) is 5.91 Å². The summed E-state index contributed by atoms with van der Waals surface area (Å²) in [5.41, 5.74) is 2.68. The van der Waals surface area contributed by atoms with Gasteiger partial charge in [-0.15, -0.1) is 0 Å². The second-order valence-electron chi connectivity index (χ2n) is 7.07. The van der Waals surface area contributed by atoms with E-state index >= 15 is 0 Å². The van der Waals surface area contributed by atoms with Crippen molar-refractivity contribution < 1.29 is 9.59 Å². The summed E-state index contributed by atoms with van der Waals surface area (Å²) in [6, 6.07) is 11.5. The van der Waals surface area contributed by atoms with Gasteiger partial charge in [-0.2, -0.15) is 0 Å². The van der Waals surface area contributed by atoms with E-state index in [9.17, 15) is 9.59 Å². The van der Waals surface area contributed by atoms with E-state index in [1.165, 1.54) is 5.56 Å². The molecule has 26 heavy (non-hydrogen) atoms. The molecular weight excluding hydrogens is 326 g/mol. The number of carbonyl (C=O) groups is 2. The summed E-state index contributed by atoms with van der Waals surface area (Å²) in [6.07, 6.45) is 4.60. The predicted octanol–water partition coefficient (Wildman–Crippen LogP) is 3.70. The van der Waals surface area contributed by atoms with Crippen LogP contribution in [0.2, 0.25) is 0 Å². The maximum absolute atomic E-state index is 12.5. The molecule has 5 nitrogen and oxygen atoms in total. The van der Waals surface area contributed by atoms with Crippen molar-refractivity contribution in [3.63, 3.8) is 0 Å². The number of nitrogens with zero attached hydrogens (tertiary/aromatic N) is 2. The van der Waals surface area contributed by atoms with Gasteiger partial charge >= 0.3 is 0 Å². The fourth-order valence-corrected chi connectivity index (χ4v) is 3.21. The minimum atomic E-state index is -0.0577. The number of anilines is 1. The summed E-state index contributed by atoms with van der Waals surface area (Å²) in [6.45, 7) is 5.48. The van der Waals surface area contributed by atoms with Crippen LogP contribution in [0, 0.1) is 5.92 Å². The lowest BCUT2D eigenvalue weighted by Gasteiger charge is -2.31. The molecule has 0 bridgehead atoms. The fraction of sp³-hybridized carbons (Fsp3) is 0.381. The normalized spacial score (nSPS) is 15.1. The number of carbonyl (C=O) groups excluding carboxylic acids is 2. The number of pyridine rings is 1.